The van der Waals surface area contributed by atoms with Crippen LogP contribution in [-0.2, 0) is 0 Å². The quantitative estimate of drug-likeness (QED) is 0.897. The van der Waals surface area contributed by atoms with E-state index in [2.05, 4.69) is 63.2 Å². The molecule has 1 saturated heterocycles. The van der Waals surface area contributed by atoms with Gasteiger partial charge in [0.2, 0.25) is 0 Å². The molecule has 0 saturated carbocycles. The van der Waals surface area contributed by atoms with E-state index in [4.69, 9.17) is 0 Å². The van der Waals surface area contributed by atoms with Crippen molar-refractivity contribution in [2.24, 2.45) is 0 Å². The van der Waals surface area contributed by atoms with E-state index in [1.54, 1.807) is 0 Å². The van der Waals surface area contributed by atoms with Crippen LogP contribution in [0, 0.1) is 6.92 Å². The molecule has 0 spiro atoms. The maximum atomic E-state index is 3.52. The number of benzene rings is 1. The fourth-order valence-corrected chi connectivity index (χ4v) is 3.11. The average molecular weight is 326 g/mol. The van der Waals surface area contributed by atoms with E-state index < -0.39 is 0 Å². The summed E-state index contributed by atoms with van der Waals surface area (Å²) in [5.41, 5.74) is 2.67. The standard InChI is InChI=1S/C15H24BrN3/c1-13-12-14(16)4-5-15(13)18(2)8-3-9-19-10-6-17-7-11-19/h4-5,12,17H,3,6-11H2,1-2H3. The average Bonchev–Trinajstić information content (AvgIpc) is 2.39. The molecule has 0 aliphatic carbocycles. The van der Waals surface area contributed by atoms with Crippen LogP contribution in [-0.4, -0.2) is 51.2 Å². The second-order valence-corrected chi connectivity index (χ2v) is 6.21. The zero-order chi connectivity index (χ0) is 13.7. The minimum atomic E-state index is 1.12. The molecule has 0 bridgehead atoms. The molecular formula is C15H24BrN3. The lowest BCUT2D eigenvalue weighted by Gasteiger charge is -2.28. The van der Waals surface area contributed by atoms with Gasteiger partial charge in [0.05, 0.1) is 0 Å². The van der Waals surface area contributed by atoms with Gasteiger partial charge in [-0.15, -0.1) is 0 Å². The number of hydrogen-bond acceptors (Lipinski definition) is 3. The van der Waals surface area contributed by atoms with Crippen LogP contribution in [0.25, 0.3) is 0 Å². The van der Waals surface area contributed by atoms with Crippen molar-refractivity contribution < 1.29 is 0 Å². The van der Waals surface area contributed by atoms with Crippen LogP contribution in [0.5, 0.6) is 0 Å². The Balaban J connectivity index is 1.78. The fraction of sp³-hybridized carbons (Fsp3) is 0.600. The summed E-state index contributed by atoms with van der Waals surface area (Å²) in [6.07, 6.45) is 1.23. The molecule has 1 aliphatic heterocycles. The predicted molar refractivity (Wildman–Crippen MR) is 86.1 cm³/mol. The lowest BCUT2D eigenvalue weighted by molar-refractivity contribution is 0.239. The lowest BCUT2D eigenvalue weighted by atomic mass is 10.2. The van der Waals surface area contributed by atoms with Gasteiger partial charge in [-0.3, -0.25) is 0 Å². The monoisotopic (exact) mass is 325 g/mol. The molecule has 3 nitrogen and oxygen atoms in total. The molecule has 1 heterocycles. The Labute approximate surface area is 125 Å². The maximum absolute atomic E-state index is 3.52. The SMILES string of the molecule is Cc1cc(Br)ccc1N(C)CCCN1CCNCC1. The van der Waals surface area contributed by atoms with Gasteiger partial charge < -0.3 is 15.1 Å². The second-order valence-electron chi connectivity index (χ2n) is 5.30. The number of rotatable bonds is 5. The third-order valence-corrected chi connectivity index (χ3v) is 4.24. The number of anilines is 1. The van der Waals surface area contributed by atoms with Crippen molar-refractivity contribution in [3.63, 3.8) is 0 Å². The number of hydrogen-bond donors (Lipinski definition) is 1. The van der Waals surface area contributed by atoms with Gasteiger partial charge >= 0.3 is 0 Å². The maximum Gasteiger partial charge on any atom is 0.0394 e. The summed E-state index contributed by atoms with van der Waals surface area (Å²) in [6, 6.07) is 6.50. The minimum Gasteiger partial charge on any atom is -0.374 e. The van der Waals surface area contributed by atoms with Gasteiger partial charge in [-0.1, -0.05) is 15.9 Å². The molecule has 0 atom stereocenters. The molecule has 1 aliphatic rings. The Hall–Kier alpha value is -0.580. The first-order valence-electron chi connectivity index (χ1n) is 7.07. The third kappa shape index (κ3) is 4.48. The van der Waals surface area contributed by atoms with Crippen molar-refractivity contribution in [2.45, 2.75) is 13.3 Å². The number of piperazine rings is 1. The van der Waals surface area contributed by atoms with Crippen molar-refractivity contribution in [1.29, 1.82) is 0 Å². The van der Waals surface area contributed by atoms with E-state index in [0.29, 0.717) is 0 Å². The smallest absolute Gasteiger partial charge is 0.0394 e. The van der Waals surface area contributed by atoms with Crippen molar-refractivity contribution in [3.8, 4) is 0 Å². The minimum absolute atomic E-state index is 1.12. The second kappa shape index (κ2) is 7.27. The molecule has 0 aromatic heterocycles. The number of nitrogens with one attached hydrogen (secondary N) is 1. The van der Waals surface area contributed by atoms with Crippen LogP contribution in [0.3, 0.4) is 0 Å². The summed E-state index contributed by atoms with van der Waals surface area (Å²) in [4.78, 5) is 4.92. The van der Waals surface area contributed by atoms with E-state index in [-0.39, 0.29) is 0 Å². The predicted octanol–water partition coefficient (Wildman–Crippen LogP) is 2.49. The van der Waals surface area contributed by atoms with E-state index in [1.807, 2.05) is 0 Å². The largest absolute Gasteiger partial charge is 0.374 e. The van der Waals surface area contributed by atoms with E-state index in [0.717, 1.165) is 24.1 Å². The van der Waals surface area contributed by atoms with Gasteiger partial charge in [0, 0.05) is 49.9 Å². The van der Waals surface area contributed by atoms with Gasteiger partial charge in [-0.05, 0) is 43.7 Å². The van der Waals surface area contributed by atoms with Crippen LogP contribution in [0.2, 0.25) is 0 Å². The third-order valence-electron chi connectivity index (χ3n) is 3.75. The highest BCUT2D eigenvalue weighted by Crippen LogP contribution is 2.22. The first-order valence-corrected chi connectivity index (χ1v) is 7.86. The molecular weight excluding hydrogens is 302 g/mol. The first-order chi connectivity index (χ1) is 9.16. The number of nitrogens with zero attached hydrogens (tertiary/aromatic N) is 2. The lowest BCUT2D eigenvalue weighted by Crippen LogP contribution is -2.44. The Morgan fingerprint density at radius 1 is 1.32 bits per heavy atom. The Morgan fingerprint density at radius 3 is 2.74 bits per heavy atom. The molecule has 1 aromatic rings. The number of halogens is 1. The van der Waals surface area contributed by atoms with Gasteiger partial charge in [0.15, 0.2) is 0 Å². The molecule has 0 radical (unpaired) electrons. The zero-order valence-corrected chi connectivity index (χ0v) is 13.5. The highest BCUT2D eigenvalue weighted by atomic mass is 79.9. The molecule has 1 fully saturated rings. The Morgan fingerprint density at radius 2 is 2.05 bits per heavy atom. The summed E-state index contributed by atoms with van der Waals surface area (Å²) >= 11 is 3.52. The molecule has 1 aromatic carbocycles. The fourth-order valence-electron chi connectivity index (χ4n) is 2.63. The van der Waals surface area contributed by atoms with Crippen LogP contribution in [0.4, 0.5) is 5.69 Å². The van der Waals surface area contributed by atoms with Crippen LogP contribution in [0.15, 0.2) is 22.7 Å². The van der Waals surface area contributed by atoms with Crippen molar-refractivity contribution in [1.82, 2.24) is 10.2 Å². The van der Waals surface area contributed by atoms with Gasteiger partial charge in [0.1, 0.15) is 0 Å². The van der Waals surface area contributed by atoms with Crippen LogP contribution in [0.1, 0.15) is 12.0 Å². The molecule has 1 N–H and O–H groups in total. The highest BCUT2D eigenvalue weighted by molar-refractivity contribution is 9.10. The molecule has 4 heteroatoms. The van der Waals surface area contributed by atoms with E-state index in [1.165, 1.54) is 37.3 Å². The summed E-state index contributed by atoms with van der Waals surface area (Å²) in [7, 11) is 2.19. The van der Waals surface area contributed by atoms with Crippen molar-refractivity contribution >= 4 is 21.6 Å². The normalized spacial score (nSPS) is 16.6. The zero-order valence-electron chi connectivity index (χ0n) is 12.0. The number of aryl methyl sites for hydroxylation is 1. The van der Waals surface area contributed by atoms with Crippen LogP contribution >= 0.6 is 15.9 Å². The molecule has 0 unspecified atom stereocenters. The van der Waals surface area contributed by atoms with Gasteiger partial charge in [0.25, 0.3) is 0 Å². The van der Waals surface area contributed by atoms with Crippen molar-refractivity contribution in [2.75, 3.05) is 51.2 Å². The summed E-state index contributed by atoms with van der Waals surface area (Å²) < 4.78 is 1.16. The molecule has 0 amide bonds. The van der Waals surface area contributed by atoms with Gasteiger partial charge in [-0.2, -0.15) is 0 Å². The molecule has 19 heavy (non-hydrogen) atoms. The van der Waals surface area contributed by atoms with E-state index in [9.17, 15) is 0 Å². The Bertz CT molecular complexity index is 402. The summed E-state index contributed by atoms with van der Waals surface area (Å²) in [5, 5.41) is 3.40. The van der Waals surface area contributed by atoms with E-state index >= 15 is 0 Å². The first kappa shape index (κ1) is 14.8. The van der Waals surface area contributed by atoms with Crippen LogP contribution < -0.4 is 10.2 Å². The molecule has 106 valence electrons. The topological polar surface area (TPSA) is 18.5 Å². The van der Waals surface area contributed by atoms with Gasteiger partial charge in [-0.25, -0.2) is 0 Å². The molecule has 2 rings (SSSR count). The van der Waals surface area contributed by atoms with Crippen molar-refractivity contribution in [3.05, 3.63) is 28.2 Å². The summed E-state index contributed by atoms with van der Waals surface area (Å²) in [6.45, 7) is 9.17. The summed E-state index contributed by atoms with van der Waals surface area (Å²) in [5.74, 6) is 0. The Kier molecular flexibility index (Phi) is 5.67. The highest BCUT2D eigenvalue weighted by Gasteiger charge is 2.10.